The Morgan fingerprint density at radius 2 is 1.83 bits per heavy atom. The van der Waals surface area contributed by atoms with Crippen molar-refractivity contribution in [2.45, 2.75) is 48.7 Å². The van der Waals surface area contributed by atoms with Crippen LogP contribution in [0.2, 0.25) is 5.28 Å². The summed E-state index contributed by atoms with van der Waals surface area (Å²) in [6.07, 6.45) is -6.78. The van der Waals surface area contributed by atoms with Crippen LogP contribution in [0.3, 0.4) is 0 Å². The molecule has 0 radical (unpaired) electrons. The Labute approximate surface area is 238 Å². The van der Waals surface area contributed by atoms with Crippen LogP contribution in [0.25, 0.3) is 11.2 Å². The van der Waals surface area contributed by atoms with Gasteiger partial charge in [-0.05, 0) is 29.3 Å². The lowest BCUT2D eigenvalue weighted by molar-refractivity contribution is -0.194. The van der Waals surface area contributed by atoms with E-state index in [-0.39, 0.29) is 46.4 Å². The highest BCUT2D eigenvalue weighted by atomic mass is 35.5. The third kappa shape index (κ3) is 4.75. The number of alkyl halides is 1. The van der Waals surface area contributed by atoms with Crippen molar-refractivity contribution in [2.24, 2.45) is 0 Å². The topological polar surface area (TPSA) is 249 Å². The SMILES string of the molecule is Nc1nc(Cl)nc2c1ncn2[C@@H]1O[C@@H]2C(OC(Cc3ccc(C(=O)NCCC(=O)O)cc3)(C(=O)O)C(=O)O)[C@]2(O)[C@@H]1F. The van der Waals surface area contributed by atoms with Crippen molar-refractivity contribution >= 4 is 52.4 Å². The number of aromatic nitrogens is 4. The number of nitrogens with one attached hydrogen (secondary N) is 1. The second kappa shape index (κ2) is 10.4. The van der Waals surface area contributed by atoms with Gasteiger partial charge < -0.3 is 41.0 Å². The van der Waals surface area contributed by atoms with Crippen molar-refractivity contribution in [2.75, 3.05) is 12.3 Å². The van der Waals surface area contributed by atoms with Gasteiger partial charge >= 0.3 is 17.9 Å². The Morgan fingerprint density at radius 1 is 1.17 bits per heavy atom. The van der Waals surface area contributed by atoms with Crippen molar-refractivity contribution in [3.05, 3.63) is 47.0 Å². The van der Waals surface area contributed by atoms with E-state index in [1.54, 1.807) is 0 Å². The molecule has 2 aliphatic rings. The number of nitrogens with two attached hydrogens (primary N) is 1. The molecular weight excluding hydrogens is 587 g/mol. The number of nitrogens with zero attached hydrogens (tertiary/aromatic N) is 4. The molecule has 222 valence electrons. The van der Waals surface area contributed by atoms with Crippen molar-refractivity contribution in [3.63, 3.8) is 0 Å². The van der Waals surface area contributed by atoms with Gasteiger partial charge in [-0.1, -0.05) is 12.1 Å². The molecule has 1 saturated carbocycles. The van der Waals surface area contributed by atoms with E-state index >= 15 is 4.39 Å². The van der Waals surface area contributed by atoms with Crippen molar-refractivity contribution in [1.82, 2.24) is 24.8 Å². The minimum Gasteiger partial charge on any atom is -0.481 e. The number of hydrogen-bond donors (Lipinski definition) is 6. The minimum absolute atomic E-state index is 0.00644. The zero-order valence-electron chi connectivity index (χ0n) is 21.2. The first kappa shape index (κ1) is 29.1. The van der Waals surface area contributed by atoms with Crippen LogP contribution in [0.1, 0.15) is 28.6 Å². The number of carbonyl (C=O) groups excluding carboxylic acids is 1. The lowest BCUT2D eigenvalue weighted by atomic mass is 9.93. The summed E-state index contributed by atoms with van der Waals surface area (Å²) in [6.45, 7) is -0.124. The van der Waals surface area contributed by atoms with Gasteiger partial charge in [0.1, 0.15) is 17.7 Å². The van der Waals surface area contributed by atoms with Crippen LogP contribution in [0.15, 0.2) is 30.6 Å². The first-order valence-electron chi connectivity index (χ1n) is 12.2. The summed E-state index contributed by atoms with van der Waals surface area (Å²) in [4.78, 5) is 59.0. The van der Waals surface area contributed by atoms with Crippen LogP contribution < -0.4 is 11.1 Å². The third-order valence-electron chi connectivity index (χ3n) is 7.06. The summed E-state index contributed by atoms with van der Waals surface area (Å²) in [5.74, 6) is -5.63. The molecule has 1 aromatic carbocycles. The molecule has 1 aliphatic heterocycles. The largest absolute Gasteiger partial charge is 0.481 e. The van der Waals surface area contributed by atoms with Gasteiger partial charge in [0.05, 0.1) is 12.7 Å². The van der Waals surface area contributed by atoms with Gasteiger partial charge in [0.15, 0.2) is 29.5 Å². The molecule has 1 unspecified atom stereocenters. The van der Waals surface area contributed by atoms with E-state index in [0.29, 0.717) is 0 Å². The first-order chi connectivity index (χ1) is 19.8. The first-order valence-corrected chi connectivity index (χ1v) is 12.6. The molecule has 18 heteroatoms. The van der Waals surface area contributed by atoms with Crippen LogP contribution >= 0.6 is 11.6 Å². The molecule has 0 bridgehead atoms. The van der Waals surface area contributed by atoms with Gasteiger partial charge in [-0.2, -0.15) is 9.97 Å². The molecular formula is C24H22ClFN6O10. The van der Waals surface area contributed by atoms with Crippen molar-refractivity contribution in [3.8, 4) is 0 Å². The van der Waals surface area contributed by atoms with Crippen molar-refractivity contribution in [1.29, 1.82) is 0 Å². The second-order valence-corrected chi connectivity index (χ2v) is 10.0. The van der Waals surface area contributed by atoms with Gasteiger partial charge in [0.2, 0.25) is 5.28 Å². The number of nitrogen functional groups attached to an aromatic ring is 1. The average Bonchev–Trinajstić information content (AvgIpc) is 3.16. The number of rotatable bonds is 11. The van der Waals surface area contributed by atoms with Crippen molar-refractivity contribution < 1.29 is 53.5 Å². The number of aliphatic carboxylic acids is 3. The van der Waals surface area contributed by atoms with E-state index in [2.05, 4.69) is 20.3 Å². The van der Waals surface area contributed by atoms with Crippen LogP contribution in [-0.4, -0.2) is 99.9 Å². The predicted molar refractivity (Wildman–Crippen MR) is 136 cm³/mol. The summed E-state index contributed by atoms with van der Waals surface area (Å²) < 4.78 is 27.8. The number of ether oxygens (including phenoxy) is 2. The Bertz CT molecular complexity index is 1590. The maximum atomic E-state index is 15.6. The van der Waals surface area contributed by atoms with E-state index in [9.17, 15) is 34.5 Å². The highest BCUT2D eigenvalue weighted by molar-refractivity contribution is 6.28. The number of amides is 1. The monoisotopic (exact) mass is 608 g/mol. The maximum absolute atomic E-state index is 15.6. The fraction of sp³-hybridized carbons (Fsp3) is 0.375. The van der Waals surface area contributed by atoms with Gasteiger partial charge in [-0.3, -0.25) is 14.2 Å². The Hall–Kier alpha value is -4.45. The quantitative estimate of drug-likeness (QED) is 0.122. The second-order valence-electron chi connectivity index (χ2n) is 9.69. The number of halogens is 2. The molecule has 1 aliphatic carbocycles. The van der Waals surface area contributed by atoms with Crippen LogP contribution in [0.5, 0.6) is 0 Å². The van der Waals surface area contributed by atoms with E-state index in [0.717, 1.165) is 10.9 Å². The van der Waals surface area contributed by atoms with Gasteiger partial charge in [-0.25, -0.2) is 19.0 Å². The lowest BCUT2D eigenvalue weighted by Crippen LogP contribution is -2.53. The van der Waals surface area contributed by atoms with Gasteiger partial charge in [0, 0.05) is 18.5 Å². The molecule has 2 fully saturated rings. The number of carboxylic acids is 3. The normalized spacial score (nSPS) is 24.7. The number of hydrogen-bond acceptors (Lipinski definition) is 11. The summed E-state index contributed by atoms with van der Waals surface area (Å²) in [5, 5.41) is 41.7. The lowest BCUT2D eigenvalue weighted by Gasteiger charge is -2.28. The predicted octanol–water partition coefficient (Wildman–Crippen LogP) is -0.217. The van der Waals surface area contributed by atoms with Crippen LogP contribution in [-0.2, 0) is 30.3 Å². The molecule has 7 N–H and O–H groups in total. The van der Waals surface area contributed by atoms with E-state index < -0.39 is 66.0 Å². The Balaban J connectivity index is 1.33. The highest BCUT2D eigenvalue weighted by Gasteiger charge is 2.80. The van der Waals surface area contributed by atoms with E-state index in [1.165, 1.54) is 24.3 Å². The van der Waals surface area contributed by atoms with Gasteiger partial charge in [0.25, 0.3) is 11.5 Å². The fourth-order valence-electron chi connectivity index (χ4n) is 4.78. The van der Waals surface area contributed by atoms with E-state index in [4.69, 9.17) is 31.9 Å². The highest BCUT2D eigenvalue weighted by Crippen LogP contribution is 2.58. The molecule has 1 saturated heterocycles. The number of anilines is 1. The molecule has 0 spiro atoms. The molecule has 42 heavy (non-hydrogen) atoms. The summed E-state index contributed by atoms with van der Waals surface area (Å²) in [7, 11) is 0. The number of benzene rings is 1. The molecule has 3 heterocycles. The summed E-state index contributed by atoms with van der Waals surface area (Å²) >= 11 is 5.84. The van der Waals surface area contributed by atoms with Crippen LogP contribution in [0, 0.1) is 0 Å². The van der Waals surface area contributed by atoms with Gasteiger partial charge in [-0.15, -0.1) is 0 Å². The smallest absolute Gasteiger partial charge is 0.348 e. The standard InChI is InChI=1S/C24H22ClFN6O10/c25-22-30-16(27)12-17(31-22)32(8-29-12)19-13(26)24(40)14(41-19)15(24)42-23(20(36)37,21(38)39)7-9-1-3-10(4-2-9)18(35)28-6-5-11(33)34/h1-4,8,13-15,19,40H,5-7H2,(H,28,35)(H,33,34)(H,36,37)(H,38,39)(H2,27,30,31)/t13-,14-,15?,19-,24+/m1/s1. The Morgan fingerprint density at radius 3 is 2.40 bits per heavy atom. The fourth-order valence-corrected chi connectivity index (χ4v) is 4.95. The average molecular weight is 609 g/mol. The number of imidazole rings is 1. The molecule has 2 aromatic heterocycles. The molecule has 1 amide bonds. The maximum Gasteiger partial charge on any atom is 0.348 e. The van der Waals surface area contributed by atoms with Crippen LogP contribution in [0.4, 0.5) is 10.2 Å². The molecule has 16 nitrogen and oxygen atoms in total. The number of fused-ring (bicyclic) bond motifs is 2. The van der Waals surface area contributed by atoms with E-state index in [1.807, 2.05) is 0 Å². The zero-order chi connectivity index (χ0) is 30.6. The third-order valence-corrected chi connectivity index (χ3v) is 7.23. The number of carboxylic acid groups (broad SMARTS) is 3. The number of aliphatic hydroxyl groups is 1. The minimum atomic E-state index is -2.97. The molecule has 5 rings (SSSR count). The molecule has 5 atom stereocenters. The molecule has 3 aromatic rings. The summed E-state index contributed by atoms with van der Waals surface area (Å²) in [5.41, 5.74) is 0.715. The Kier molecular flexibility index (Phi) is 7.22. The number of carbonyl (C=O) groups is 4. The summed E-state index contributed by atoms with van der Waals surface area (Å²) in [6, 6.07) is 5.13. The zero-order valence-corrected chi connectivity index (χ0v) is 21.9.